The molecule has 2 heterocycles. The van der Waals surface area contributed by atoms with Crippen molar-refractivity contribution in [3.8, 4) is 0 Å². The lowest BCUT2D eigenvalue weighted by atomic mass is 9.91. The number of hydrogen-bond acceptors (Lipinski definition) is 3. The quantitative estimate of drug-likeness (QED) is 0.921. The molecule has 1 aromatic heterocycles. The van der Waals surface area contributed by atoms with E-state index < -0.39 is 6.10 Å². The van der Waals surface area contributed by atoms with Gasteiger partial charge in [-0.2, -0.15) is 0 Å². The maximum atomic E-state index is 10.5. The minimum Gasteiger partial charge on any atom is -0.386 e. The molecule has 19 heavy (non-hydrogen) atoms. The first-order chi connectivity index (χ1) is 9.25. The van der Waals surface area contributed by atoms with Crippen molar-refractivity contribution in [1.29, 1.82) is 0 Å². The fourth-order valence-electron chi connectivity index (χ4n) is 2.57. The summed E-state index contributed by atoms with van der Waals surface area (Å²) < 4.78 is 6.22. The average Bonchev–Trinajstić information content (AvgIpc) is 2.47. The van der Waals surface area contributed by atoms with Gasteiger partial charge in [-0.25, -0.2) is 4.98 Å². The van der Waals surface area contributed by atoms with Crippen LogP contribution in [0.4, 0.5) is 0 Å². The Labute approximate surface area is 120 Å². The van der Waals surface area contributed by atoms with Crippen LogP contribution < -0.4 is 0 Å². The number of pyridine rings is 1. The van der Waals surface area contributed by atoms with E-state index in [1.54, 1.807) is 0 Å². The van der Waals surface area contributed by atoms with Crippen LogP contribution in [-0.2, 0) is 4.74 Å². The molecule has 1 aromatic carbocycles. The lowest BCUT2D eigenvalue weighted by Crippen LogP contribution is -2.22. The van der Waals surface area contributed by atoms with Crippen molar-refractivity contribution in [2.45, 2.75) is 18.9 Å². The smallest absolute Gasteiger partial charge is 0.100 e. The number of halogens is 1. The minimum absolute atomic E-state index is 0.235. The van der Waals surface area contributed by atoms with Crippen LogP contribution in [0.2, 0.25) is 0 Å². The third kappa shape index (κ3) is 2.66. The van der Waals surface area contributed by atoms with Gasteiger partial charge in [0.05, 0.1) is 11.2 Å². The Bertz CT molecular complexity index is 581. The van der Waals surface area contributed by atoms with Crippen molar-refractivity contribution in [1.82, 2.24) is 4.98 Å². The molecule has 100 valence electrons. The van der Waals surface area contributed by atoms with Crippen molar-refractivity contribution >= 4 is 26.8 Å². The lowest BCUT2D eigenvalue weighted by molar-refractivity contribution is 0.00541. The first-order valence-corrected chi connectivity index (χ1v) is 7.36. The topological polar surface area (TPSA) is 42.4 Å². The summed E-state index contributed by atoms with van der Waals surface area (Å²) in [6, 6.07) is 9.98. The summed E-state index contributed by atoms with van der Waals surface area (Å²) in [6.07, 6.45) is 1.26. The normalized spacial score (nSPS) is 18.6. The van der Waals surface area contributed by atoms with E-state index in [9.17, 15) is 5.11 Å². The third-order valence-corrected chi connectivity index (χ3v) is 4.33. The molecule has 4 heteroatoms. The third-order valence-electron chi connectivity index (χ3n) is 3.70. The zero-order valence-corrected chi connectivity index (χ0v) is 12.1. The first-order valence-electron chi connectivity index (χ1n) is 6.56. The van der Waals surface area contributed by atoms with Crippen LogP contribution in [0, 0.1) is 5.92 Å². The number of para-hydroxylation sites is 1. The van der Waals surface area contributed by atoms with Gasteiger partial charge >= 0.3 is 0 Å². The molecule has 1 fully saturated rings. The highest BCUT2D eigenvalue weighted by atomic mass is 79.9. The second-order valence-electron chi connectivity index (χ2n) is 4.94. The number of ether oxygens (including phenoxy) is 1. The molecule has 2 aromatic rings. The van der Waals surface area contributed by atoms with Crippen molar-refractivity contribution in [3.05, 3.63) is 40.5 Å². The number of aliphatic hydroxyl groups excluding tert-OH is 1. The van der Waals surface area contributed by atoms with Crippen LogP contribution in [-0.4, -0.2) is 23.3 Å². The minimum atomic E-state index is -0.525. The van der Waals surface area contributed by atoms with E-state index in [4.69, 9.17) is 4.74 Å². The van der Waals surface area contributed by atoms with E-state index in [1.165, 1.54) is 0 Å². The summed E-state index contributed by atoms with van der Waals surface area (Å²) in [5, 5.41) is 11.6. The maximum Gasteiger partial charge on any atom is 0.100 e. The predicted molar refractivity (Wildman–Crippen MR) is 77.9 cm³/mol. The summed E-state index contributed by atoms with van der Waals surface area (Å²) in [6.45, 7) is 1.46. The van der Waals surface area contributed by atoms with Gasteiger partial charge in [0.15, 0.2) is 0 Å². The van der Waals surface area contributed by atoms with E-state index in [-0.39, 0.29) is 5.92 Å². The molecule has 1 saturated heterocycles. The molecule has 0 bridgehead atoms. The molecule has 1 N–H and O–H groups in total. The van der Waals surface area contributed by atoms with Gasteiger partial charge in [-0.05, 0) is 46.8 Å². The van der Waals surface area contributed by atoms with Crippen LogP contribution in [0.25, 0.3) is 10.9 Å². The van der Waals surface area contributed by atoms with E-state index >= 15 is 0 Å². The van der Waals surface area contributed by atoms with Crippen molar-refractivity contribution < 1.29 is 9.84 Å². The molecule has 3 nitrogen and oxygen atoms in total. The Hall–Kier alpha value is -0.970. The summed E-state index contributed by atoms with van der Waals surface area (Å²) in [5.74, 6) is 0.235. The van der Waals surface area contributed by atoms with Gasteiger partial charge in [0, 0.05) is 23.1 Å². The Morgan fingerprint density at radius 1 is 1.26 bits per heavy atom. The summed E-state index contributed by atoms with van der Waals surface area (Å²) in [4.78, 5) is 4.61. The second kappa shape index (κ2) is 5.57. The SMILES string of the molecule is OC(c1nc2ccccc2cc1Br)C1CCOCC1. The monoisotopic (exact) mass is 321 g/mol. The molecule has 0 radical (unpaired) electrons. The zero-order valence-electron chi connectivity index (χ0n) is 10.6. The highest BCUT2D eigenvalue weighted by Gasteiger charge is 2.26. The molecule has 0 saturated carbocycles. The van der Waals surface area contributed by atoms with Crippen molar-refractivity contribution in [3.63, 3.8) is 0 Å². The van der Waals surface area contributed by atoms with E-state index in [1.807, 2.05) is 30.3 Å². The number of benzene rings is 1. The Kier molecular flexibility index (Phi) is 3.82. The standard InChI is InChI=1S/C15H16BrNO2/c16-12-9-11-3-1-2-4-13(11)17-14(12)15(18)10-5-7-19-8-6-10/h1-4,9-10,15,18H,5-8H2. The largest absolute Gasteiger partial charge is 0.386 e. The molecule has 0 amide bonds. The van der Waals surface area contributed by atoms with Gasteiger partial charge in [0.25, 0.3) is 0 Å². The Morgan fingerprint density at radius 3 is 2.79 bits per heavy atom. The number of aromatic nitrogens is 1. The molecule has 3 rings (SSSR count). The van der Waals surface area contributed by atoms with E-state index in [2.05, 4.69) is 20.9 Å². The van der Waals surface area contributed by atoms with Crippen LogP contribution in [0.3, 0.4) is 0 Å². The number of fused-ring (bicyclic) bond motifs is 1. The summed E-state index contributed by atoms with van der Waals surface area (Å²) in [7, 11) is 0. The molecule has 1 aliphatic heterocycles. The average molecular weight is 322 g/mol. The number of hydrogen-bond donors (Lipinski definition) is 1. The Balaban J connectivity index is 1.96. The van der Waals surface area contributed by atoms with Gasteiger partial charge in [-0.3, -0.25) is 0 Å². The highest BCUT2D eigenvalue weighted by Crippen LogP contribution is 2.34. The van der Waals surface area contributed by atoms with Crippen molar-refractivity contribution in [2.75, 3.05) is 13.2 Å². The lowest BCUT2D eigenvalue weighted by Gasteiger charge is -2.27. The van der Waals surface area contributed by atoms with Gasteiger partial charge in [-0.1, -0.05) is 18.2 Å². The molecule has 1 atom stereocenters. The molecule has 0 aliphatic carbocycles. The highest BCUT2D eigenvalue weighted by molar-refractivity contribution is 9.10. The van der Waals surface area contributed by atoms with Gasteiger partial charge in [-0.15, -0.1) is 0 Å². The van der Waals surface area contributed by atoms with Crippen LogP contribution in [0.15, 0.2) is 34.8 Å². The summed E-state index contributed by atoms with van der Waals surface area (Å²) >= 11 is 3.53. The molecule has 1 aliphatic rings. The van der Waals surface area contributed by atoms with Crippen molar-refractivity contribution in [2.24, 2.45) is 5.92 Å². The predicted octanol–water partition coefficient (Wildman–Crippen LogP) is 3.46. The maximum absolute atomic E-state index is 10.5. The van der Waals surface area contributed by atoms with E-state index in [0.717, 1.165) is 47.1 Å². The molecule has 0 spiro atoms. The van der Waals surface area contributed by atoms with Gasteiger partial charge < -0.3 is 9.84 Å². The number of rotatable bonds is 2. The number of aliphatic hydroxyl groups is 1. The zero-order chi connectivity index (χ0) is 13.2. The Morgan fingerprint density at radius 2 is 2.00 bits per heavy atom. The van der Waals surface area contributed by atoms with Gasteiger partial charge in [0.1, 0.15) is 6.10 Å². The second-order valence-corrected chi connectivity index (χ2v) is 5.80. The fraction of sp³-hybridized carbons (Fsp3) is 0.400. The van der Waals surface area contributed by atoms with Crippen LogP contribution in [0.1, 0.15) is 24.6 Å². The molecular formula is C15H16BrNO2. The summed E-state index contributed by atoms with van der Waals surface area (Å²) in [5.41, 5.74) is 1.66. The number of nitrogens with zero attached hydrogens (tertiary/aromatic N) is 1. The fourth-order valence-corrected chi connectivity index (χ4v) is 3.14. The first kappa shape index (κ1) is 13.0. The molecular weight excluding hydrogens is 306 g/mol. The molecule has 1 unspecified atom stereocenters. The van der Waals surface area contributed by atoms with E-state index in [0.29, 0.717) is 0 Å². The van der Waals surface area contributed by atoms with Crippen LogP contribution >= 0.6 is 15.9 Å². The van der Waals surface area contributed by atoms with Gasteiger partial charge in [0.2, 0.25) is 0 Å². The van der Waals surface area contributed by atoms with Crippen LogP contribution in [0.5, 0.6) is 0 Å².